The molecule has 1 atom stereocenters. The highest BCUT2D eigenvalue weighted by Crippen LogP contribution is 2.32. The van der Waals surface area contributed by atoms with Crippen LogP contribution in [0.1, 0.15) is 28.8 Å². The zero-order valence-corrected chi connectivity index (χ0v) is 12.4. The summed E-state index contributed by atoms with van der Waals surface area (Å²) in [7, 11) is 1.40. The first-order valence-electron chi connectivity index (χ1n) is 7.13. The number of hydrogen-bond acceptors (Lipinski definition) is 4. The Labute approximate surface area is 131 Å². The van der Waals surface area contributed by atoms with Crippen molar-refractivity contribution in [3.63, 3.8) is 0 Å². The monoisotopic (exact) mass is 317 g/mol. The van der Waals surface area contributed by atoms with E-state index < -0.39 is 18.0 Å². The van der Waals surface area contributed by atoms with Gasteiger partial charge >= 0.3 is 6.09 Å². The van der Waals surface area contributed by atoms with E-state index in [-0.39, 0.29) is 31.2 Å². The number of carboxylic acid groups (broad SMARTS) is 1. The van der Waals surface area contributed by atoms with Crippen LogP contribution in [0.2, 0.25) is 0 Å². The van der Waals surface area contributed by atoms with Gasteiger partial charge in [0.25, 0.3) is 11.8 Å². The third-order valence-corrected chi connectivity index (χ3v) is 4.23. The molecular formula is C15H15N3O5. The maximum atomic E-state index is 12.6. The summed E-state index contributed by atoms with van der Waals surface area (Å²) in [6, 6.07) is 4.06. The van der Waals surface area contributed by atoms with Crippen molar-refractivity contribution in [3.8, 4) is 0 Å². The van der Waals surface area contributed by atoms with E-state index in [4.69, 9.17) is 5.11 Å². The number of rotatable bonds is 2. The van der Waals surface area contributed by atoms with Crippen LogP contribution in [0.5, 0.6) is 0 Å². The minimum atomic E-state index is -1.22. The standard InChI is InChI=1S/C15H15N3O5/c1-17-12(19)6-5-11(14(17)21)18-7-9-8(13(18)20)3-2-4-10(9)16-15(22)23/h2-4,11,16H,5-7H2,1H3,(H,22,23). The minimum absolute atomic E-state index is 0.142. The number of likely N-dealkylation sites (tertiary alicyclic amines) is 1. The van der Waals surface area contributed by atoms with Crippen LogP contribution >= 0.6 is 0 Å². The van der Waals surface area contributed by atoms with Crippen molar-refractivity contribution in [1.29, 1.82) is 0 Å². The fourth-order valence-corrected chi connectivity index (χ4v) is 3.03. The van der Waals surface area contributed by atoms with Gasteiger partial charge in [0, 0.05) is 36.8 Å². The second-order valence-electron chi connectivity index (χ2n) is 5.54. The number of nitrogens with one attached hydrogen (secondary N) is 1. The summed E-state index contributed by atoms with van der Waals surface area (Å²) < 4.78 is 0. The molecule has 8 nitrogen and oxygen atoms in total. The van der Waals surface area contributed by atoms with E-state index in [0.717, 1.165) is 4.90 Å². The molecule has 2 aliphatic heterocycles. The molecule has 120 valence electrons. The van der Waals surface area contributed by atoms with Gasteiger partial charge in [-0.2, -0.15) is 0 Å². The van der Waals surface area contributed by atoms with Crippen LogP contribution in [0.3, 0.4) is 0 Å². The first-order chi connectivity index (χ1) is 10.9. The lowest BCUT2D eigenvalue weighted by atomic mass is 10.0. The van der Waals surface area contributed by atoms with E-state index in [0.29, 0.717) is 16.8 Å². The van der Waals surface area contributed by atoms with Gasteiger partial charge in [0.2, 0.25) is 5.91 Å². The number of benzene rings is 1. The van der Waals surface area contributed by atoms with E-state index in [1.165, 1.54) is 11.9 Å². The van der Waals surface area contributed by atoms with Crippen molar-refractivity contribution in [2.75, 3.05) is 12.4 Å². The van der Waals surface area contributed by atoms with Crippen LogP contribution in [0.25, 0.3) is 0 Å². The lowest BCUT2D eigenvalue weighted by Crippen LogP contribution is -2.53. The highest BCUT2D eigenvalue weighted by molar-refractivity contribution is 6.06. The molecule has 8 heteroatoms. The molecule has 0 aliphatic carbocycles. The van der Waals surface area contributed by atoms with E-state index >= 15 is 0 Å². The van der Waals surface area contributed by atoms with E-state index in [9.17, 15) is 19.2 Å². The predicted molar refractivity (Wildman–Crippen MR) is 78.8 cm³/mol. The molecule has 0 aromatic heterocycles. The highest BCUT2D eigenvalue weighted by Gasteiger charge is 2.42. The predicted octanol–water partition coefficient (Wildman–Crippen LogP) is 0.880. The fraction of sp³-hybridized carbons (Fsp3) is 0.333. The lowest BCUT2D eigenvalue weighted by Gasteiger charge is -2.33. The second-order valence-corrected chi connectivity index (χ2v) is 5.54. The number of likely N-dealkylation sites (N-methyl/N-ethyl adjacent to an activating group) is 1. The minimum Gasteiger partial charge on any atom is -0.465 e. The van der Waals surface area contributed by atoms with Crippen LogP contribution in [0, 0.1) is 0 Å². The van der Waals surface area contributed by atoms with Crippen molar-refractivity contribution < 1.29 is 24.3 Å². The number of fused-ring (bicyclic) bond motifs is 1. The Balaban J connectivity index is 1.90. The Morgan fingerprint density at radius 1 is 1.30 bits per heavy atom. The van der Waals surface area contributed by atoms with Crippen LogP contribution in [0.15, 0.2) is 18.2 Å². The molecule has 0 spiro atoms. The molecule has 1 aromatic rings. The number of nitrogens with zero attached hydrogens (tertiary/aromatic N) is 2. The average molecular weight is 317 g/mol. The highest BCUT2D eigenvalue weighted by atomic mass is 16.4. The van der Waals surface area contributed by atoms with Gasteiger partial charge < -0.3 is 10.0 Å². The zero-order chi connectivity index (χ0) is 16.7. The Kier molecular flexibility index (Phi) is 3.51. The summed E-state index contributed by atoms with van der Waals surface area (Å²) in [6.45, 7) is 0.142. The molecule has 0 radical (unpaired) electrons. The van der Waals surface area contributed by atoms with E-state index in [1.54, 1.807) is 18.2 Å². The molecule has 4 amide bonds. The number of imide groups is 1. The smallest absolute Gasteiger partial charge is 0.409 e. The summed E-state index contributed by atoms with van der Waals surface area (Å²) in [5, 5.41) is 11.1. The number of piperidine rings is 1. The van der Waals surface area contributed by atoms with Gasteiger partial charge in [-0.1, -0.05) is 6.07 Å². The van der Waals surface area contributed by atoms with Crippen molar-refractivity contribution in [2.45, 2.75) is 25.4 Å². The SMILES string of the molecule is CN1C(=O)CCC(N2Cc3c(NC(=O)O)cccc3C2=O)C1=O. The molecule has 3 rings (SSSR count). The summed E-state index contributed by atoms with van der Waals surface area (Å²) in [6.07, 6.45) is -0.736. The van der Waals surface area contributed by atoms with Crippen LogP contribution < -0.4 is 5.32 Å². The summed E-state index contributed by atoms with van der Waals surface area (Å²) >= 11 is 0. The molecule has 0 bridgehead atoms. The van der Waals surface area contributed by atoms with Crippen LogP contribution in [-0.4, -0.2) is 51.8 Å². The normalized spacial score (nSPS) is 20.7. The summed E-state index contributed by atoms with van der Waals surface area (Å²) in [5.74, 6) is -0.992. The molecule has 2 heterocycles. The van der Waals surface area contributed by atoms with Crippen molar-refractivity contribution in [2.24, 2.45) is 0 Å². The molecule has 1 saturated heterocycles. The molecular weight excluding hydrogens is 302 g/mol. The fourth-order valence-electron chi connectivity index (χ4n) is 3.03. The largest absolute Gasteiger partial charge is 0.465 e. The van der Waals surface area contributed by atoms with Gasteiger partial charge in [-0.3, -0.25) is 24.6 Å². The molecule has 1 fully saturated rings. The number of anilines is 1. The Morgan fingerprint density at radius 3 is 2.74 bits per heavy atom. The third kappa shape index (κ3) is 2.41. The third-order valence-electron chi connectivity index (χ3n) is 4.23. The Hall–Kier alpha value is -2.90. The maximum Gasteiger partial charge on any atom is 0.409 e. The second kappa shape index (κ2) is 5.38. The van der Waals surface area contributed by atoms with Crippen LogP contribution in [-0.2, 0) is 16.1 Å². The molecule has 2 N–H and O–H groups in total. The molecule has 0 saturated carbocycles. The lowest BCUT2D eigenvalue weighted by molar-refractivity contribution is -0.150. The van der Waals surface area contributed by atoms with E-state index in [1.807, 2.05) is 0 Å². The molecule has 1 unspecified atom stereocenters. The van der Waals surface area contributed by atoms with Gasteiger partial charge in [-0.25, -0.2) is 4.79 Å². The first kappa shape index (κ1) is 15.0. The first-order valence-corrected chi connectivity index (χ1v) is 7.13. The van der Waals surface area contributed by atoms with Gasteiger partial charge in [-0.05, 0) is 18.6 Å². The summed E-state index contributed by atoms with van der Waals surface area (Å²) in [4.78, 5) is 49.7. The number of hydrogen-bond donors (Lipinski definition) is 2. The number of carbonyl (C=O) groups excluding carboxylic acids is 3. The van der Waals surface area contributed by atoms with Crippen molar-refractivity contribution in [1.82, 2.24) is 9.80 Å². The van der Waals surface area contributed by atoms with Crippen molar-refractivity contribution >= 4 is 29.5 Å². The quantitative estimate of drug-likeness (QED) is 0.787. The van der Waals surface area contributed by atoms with Gasteiger partial charge in [0.05, 0.1) is 0 Å². The number of carbonyl (C=O) groups is 4. The molecule has 2 aliphatic rings. The zero-order valence-electron chi connectivity index (χ0n) is 12.4. The van der Waals surface area contributed by atoms with Crippen molar-refractivity contribution in [3.05, 3.63) is 29.3 Å². The molecule has 23 heavy (non-hydrogen) atoms. The van der Waals surface area contributed by atoms with E-state index in [2.05, 4.69) is 5.32 Å². The maximum absolute atomic E-state index is 12.6. The summed E-state index contributed by atoms with van der Waals surface area (Å²) in [5.41, 5.74) is 1.26. The Bertz CT molecular complexity index is 730. The van der Waals surface area contributed by atoms with Gasteiger partial charge in [-0.15, -0.1) is 0 Å². The van der Waals surface area contributed by atoms with Crippen LogP contribution in [0.4, 0.5) is 10.5 Å². The average Bonchev–Trinajstić information content (AvgIpc) is 2.83. The van der Waals surface area contributed by atoms with Gasteiger partial charge in [0.15, 0.2) is 0 Å². The number of amides is 4. The van der Waals surface area contributed by atoms with Gasteiger partial charge in [0.1, 0.15) is 6.04 Å². The molecule has 1 aromatic carbocycles. The topological polar surface area (TPSA) is 107 Å². The Morgan fingerprint density at radius 2 is 2.04 bits per heavy atom.